The highest BCUT2D eigenvalue weighted by atomic mass is 32.2. The number of rotatable bonds is 8. The largest absolute Gasteiger partial charge is 0.297 e. The molecule has 0 radical (unpaired) electrons. The van der Waals surface area contributed by atoms with Crippen molar-refractivity contribution in [1.82, 2.24) is 4.90 Å². The second kappa shape index (κ2) is 8.82. The van der Waals surface area contributed by atoms with Crippen molar-refractivity contribution >= 4 is 10.1 Å². The van der Waals surface area contributed by atoms with E-state index < -0.39 is 10.1 Å². The first-order valence-electron chi connectivity index (χ1n) is 8.06. The Balaban J connectivity index is 2.10. The highest BCUT2D eigenvalue weighted by molar-refractivity contribution is 7.86. The molecule has 132 valence electrons. The highest BCUT2D eigenvalue weighted by Gasteiger charge is 2.21. The topological polar surface area (TPSA) is 46.6 Å². The highest BCUT2D eigenvalue weighted by Crippen LogP contribution is 2.15. The smallest absolute Gasteiger partial charge is 0.290 e. The van der Waals surface area contributed by atoms with E-state index >= 15 is 0 Å². The van der Waals surface area contributed by atoms with E-state index in [0.717, 1.165) is 11.1 Å². The van der Waals surface area contributed by atoms with Gasteiger partial charge in [0.1, 0.15) is 0 Å². The summed E-state index contributed by atoms with van der Waals surface area (Å²) in [5.41, 5.74) is 2.10. The van der Waals surface area contributed by atoms with Crippen molar-refractivity contribution in [2.24, 2.45) is 0 Å². The summed E-state index contributed by atoms with van der Waals surface area (Å²) in [6.07, 6.45) is 6.05. The van der Waals surface area contributed by atoms with Crippen molar-refractivity contribution < 1.29 is 12.6 Å². The molecule has 0 saturated heterocycles. The molecule has 4 nitrogen and oxygen atoms in total. The zero-order chi connectivity index (χ0) is 18.3. The van der Waals surface area contributed by atoms with Gasteiger partial charge in [0, 0.05) is 6.04 Å². The van der Waals surface area contributed by atoms with Gasteiger partial charge in [0.15, 0.2) is 0 Å². The van der Waals surface area contributed by atoms with Crippen molar-refractivity contribution in [2.45, 2.75) is 24.3 Å². The molecule has 0 aliphatic heterocycles. The molecule has 2 rings (SSSR count). The normalized spacial score (nSPS) is 12.7. The summed E-state index contributed by atoms with van der Waals surface area (Å²) in [5, 5.41) is 0. The van der Waals surface area contributed by atoms with Gasteiger partial charge in [-0.1, -0.05) is 53.9 Å². The molecule has 0 aliphatic carbocycles. The van der Waals surface area contributed by atoms with Crippen molar-refractivity contribution in [1.29, 1.82) is 0 Å². The van der Waals surface area contributed by atoms with Gasteiger partial charge in [-0.25, -0.2) is 0 Å². The van der Waals surface area contributed by atoms with Crippen LogP contribution in [-0.4, -0.2) is 39.6 Å². The maximum atomic E-state index is 12.4. The number of nitrogens with zero attached hydrogens (tertiary/aromatic N) is 1. The fourth-order valence-electron chi connectivity index (χ4n) is 2.44. The standard InChI is InChI=1S/C20H23NO3S/c1-4-14-21(3)19(15-18-8-6-5-7-9-18)16-24-25(22,23)20-12-10-17(2)11-13-20/h1,5-13,19H,14-16H2,2-3H3/t19-/m0/s1. The summed E-state index contributed by atoms with van der Waals surface area (Å²) < 4.78 is 30.1. The number of benzene rings is 2. The Kier molecular flexibility index (Phi) is 6.77. The van der Waals surface area contributed by atoms with Gasteiger partial charge in [-0.2, -0.15) is 8.42 Å². The molecule has 1 atom stereocenters. The fraction of sp³-hybridized carbons (Fsp3) is 0.300. The minimum Gasteiger partial charge on any atom is -0.290 e. The van der Waals surface area contributed by atoms with Gasteiger partial charge in [-0.05, 0) is 38.1 Å². The van der Waals surface area contributed by atoms with E-state index in [2.05, 4.69) is 5.92 Å². The first-order valence-corrected chi connectivity index (χ1v) is 9.47. The van der Waals surface area contributed by atoms with E-state index in [1.165, 1.54) is 0 Å². The van der Waals surface area contributed by atoms with Crippen LogP contribution in [0.1, 0.15) is 11.1 Å². The Morgan fingerprint density at radius 3 is 2.36 bits per heavy atom. The quantitative estimate of drug-likeness (QED) is 0.538. The van der Waals surface area contributed by atoms with E-state index in [-0.39, 0.29) is 17.5 Å². The molecule has 2 aromatic rings. The van der Waals surface area contributed by atoms with Gasteiger partial charge >= 0.3 is 0 Å². The average Bonchev–Trinajstić information content (AvgIpc) is 2.60. The Labute approximate surface area is 150 Å². The first kappa shape index (κ1) is 19.2. The van der Waals surface area contributed by atoms with Crippen molar-refractivity contribution in [2.75, 3.05) is 20.2 Å². The van der Waals surface area contributed by atoms with Crippen LogP contribution in [0.4, 0.5) is 0 Å². The van der Waals surface area contributed by atoms with E-state index in [1.807, 2.05) is 49.2 Å². The first-order chi connectivity index (χ1) is 11.9. The monoisotopic (exact) mass is 357 g/mol. The van der Waals surface area contributed by atoms with Gasteiger partial charge in [0.05, 0.1) is 18.0 Å². The van der Waals surface area contributed by atoms with Crippen molar-refractivity contribution in [3.05, 3.63) is 65.7 Å². The van der Waals surface area contributed by atoms with E-state index in [0.29, 0.717) is 13.0 Å². The second-order valence-electron chi connectivity index (χ2n) is 6.01. The van der Waals surface area contributed by atoms with Crippen molar-refractivity contribution in [3.63, 3.8) is 0 Å². The summed E-state index contributed by atoms with van der Waals surface area (Å²) in [6.45, 7) is 2.37. The predicted octanol–water partition coefficient (Wildman–Crippen LogP) is 2.88. The molecule has 5 heteroatoms. The molecule has 0 fully saturated rings. The molecule has 0 spiro atoms. The molecule has 0 bridgehead atoms. The van der Waals surface area contributed by atoms with Gasteiger partial charge < -0.3 is 0 Å². The fourth-order valence-corrected chi connectivity index (χ4v) is 3.38. The molecule has 0 N–H and O–H groups in total. The Bertz CT molecular complexity index is 808. The number of hydrogen-bond donors (Lipinski definition) is 0. The van der Waals surface area contributed by atoms with Gasteiger partial charge in [0.2, 0.25) is 0 Å². The van der Waals surface area contributed by atoms with E-state index in [1.54, 1.807) is 24.3 Å². The Morgan fingerprint density at radius 2 is 1.76 bits per heavy atom. The van der Waals surface area contributed by atoms with Crippen LogP contribution in [0.3, 0.4) is 0 Å². The molecule has 0 aromatic heterocycles. The third kappa shape index (κ3) is 5.71. The zero-order valence-corrected chi connectivity index (χ0v) is 15.4. The molecular weight excluding hydrogens is 334 g/mol. The lowest BCUT2D eigenvalue weighted by molar-refractivity contribution is 0.177. The van der Waals surface area contributed by atoms with Crippen molar-refractivity contribution in [3.8, 4) is 12.3 Å². The summed E-state index contributed by atoms with van der Waals surface area (Å²) >= 11 is 0. The number of hydrogen-bond acceptors (Lipinski definition) is 4. The van der Waals surface area contributed by atoms with Crippen LogP contribution in [0.5, 0.6) is 0 Å². The molecular formula is C20H23NO3S. The third-order valence-corrected chi connectivity index (χ3v) is 5.30. The molecule has 2 aromatic carbocycles. The van der Waals surface area contributed by atoms with Crippen LogP contribution in [0.25, 0.3) is 0 Å². The minimum absolute atomic E-state index is 0.0449. The van der Waals surface area contributed by atoms with Crippen LogP contribution in [0.2, 0.25) is 0 Å². The van der Waals surface area contributed by atoms with E-state index in [9.17, 15) is 8.42 Å². The Hall–Kier alpha value is -2.13. The van der Waals surface area contributed by atoms with Crippen LogP contribution in [0.15, 0.2) is 59.5 Å². The molecule has 0 unspecified atom stereocenters. The van der Waals surface area contributed by atoms with Crippen LogP contribution in [-0.2, 0) is 20.7 Å². The summed E-state index contributed by atoms with van der Waals surface area (Å²) in [7, 11) is -1.92. The third-order valence-electron chi connectivity index (χ3n) is 4.00. The minimum atomic E-state index is -3.79. The lowest BCUT2D eigenvalue weighted by Gasteiger charge is -2.26. The summed E-state index contributed by atoms with van der Waals surface area (Å²) in [4.78, 5) is 2.09. The average molecular weight is 357 g/mol. The molecule has 25 heavy (non-hydrogen) atoms. The zero-order valence-electron chi connectivity index (χ0n) is 14.6. The van der Waals surface area contributed by atoms with Crippen LogP contribution >= 0.6 is 0 Å². The van der Waals surface area contributed by atoms with Gasteiger partial charge in [-0.15, -0.1) is 6.42 Å². The van der Waals surface area contributed by atoms with Crippen LogP contribution < -0.4 is 0 Å². The Morgan fingerprint density at radius 1 is 1.12 bits per heavy atom. The number of terminal acetylenes is 1. The maximum absolute atomic E-state index is 12.4. The van der Waals surface area contributed by atoms with Gasteiger partial charge in [0.25, 0.3) is 10.1 Å². The second-order valence-corrected chi connectivity index (χ2v) is 7.63. The molecule has 0 amide bonds. The number of aryl methyl sites for hydroxylation is 1. The lowest BCUT2D eigenvalue weighted by Crippen LogP contribution is -2.38. The summed E-state index contributed by atoms with van der Waals surface area (Å²) in [5.74, 6) is 2.59. The maximum Gasteiger partial charge on any atom is 0.297 e. The SMILES string of the molecule is C#CCN(C)[C@H](COS(=O)(=O)c1ccc(C)cc1)Cc1ccccc1. The predicted molar refractivity (Wildman–Crippen MR) is 99.7 cm³/mol. The molecule has 0 heterocycles. The van der Waals surface area contributed by atoms with Crippen LogP contribution in [0, 0.1) is 19.3 Å². The van der Waals surface area contributed by atoms with E-state index in [4.69, 9.17) is 10.6 Å². The molecule has 0 aliphatic rings. The summed E-state index contributed by atoms with van der Waals surface area (Å²) in [6, 6.07) is 16.3. The lowest BCUT2D eigenvalue weighted by atomic mass is 10.1. The molecule has 0 saturated carbocycles. The van der Waals surface area contributed by atoms with Gasteiger partial charge in [-0.3, -0.25) is 9.08 Å². The number of likely N-dealkylation sites (N-methyl/N-ethyl adjacent to an activating group) is 1.